The maximum Gasteiger partial charge on any atom is 0.161 e. The fraction of sp³-hybridized carbons (Fsp3) is 0.606. The molecule has 1 heterocycles. The number of imidazole rings is 1. The van der Waals surface area contributed by atoms with Crippen LogP contribution in [0.3, 0.4) is 0 Å². The van der Waals surface area contributed by atoms with Gasteiger partial charge >= 0.3 is 0 Å². The van der Waals surface area contributed by atoms with E-state index in [1.54, 1.807) is 13.3 Å². The predicted molar refractivity (Wildman–Crippen MR) is 152 cm³/mol. The third-order valence-electron chi connectivity index (χ3n) is 10.9. The van der Waals surface area contributed by atoms with Crippen molar-refractivity contribution in [2.24, 2.45) is 28.6 Å². The van der Waals surface area contributed by atoms with E-state index in [1.807, 2.05) is 29.2 Å². The largest absolute Gasteiger partial charge is 0.493 e. The summed E-state index contributed by atoms with van der Waals surface area (Å²) in [5.41, 5.74) is 3.83. The lowest BCUT2D eigenvalue weighted by molar-refractivity contribution is -0.0685. The van der Waals surface area contributed by atoms with Crippen LogP contribution < -0.4 is 9.47 Å². The summed E-state index contributed by atoms with van der Waals surface area (Å²) in [6, 6.07) is 6.09. The normalized spacial score (nSPS) is 36.6. The summed E-state index contributed by atoms with van der Waals surface area (Å²) in [7, 11) is 1.68. The van der Waals surface area contributed by atoms with Crippen LogP contribution in [0.5, 0.6) is 11.5 Å². The molecule has 5 unspecified atom stereocenters. The van der Waals surface area contributed by atoms with E-state index in [0.717, 1.165) is 74.1 Å². The summed E-state index contributed by atoms with van der Waals surface area (Å²) in [6.07, 6.45) is 17.7. The van der Waals surface area contributed by atoms with Crippen LogP contribution in [0.1, 0.15) is 70.8 Å². The van der Waals surface area contributed by atoms with Gasteiger partial charge in [0.05, 0.1) is 32.3 Å². The lowest BCUT2D eigenvalue weighted by Gasteiger charge is -2.57. The number of fused-ring (bicyclic) bond motifs is 5. The molecule has 2 aromatic rings. The number of aliphatic hydroxyl groups is 2. The van der Waals surface area contributed by atoms with Crippen molar-refractivity contribution in [2.75, 3.05) is 13.7 Å². The molecule has 3 saturated carbocycles. The molecule has 0 saturated heterocycles. The average molecular weight is 533 g/mol. The zero-order valence-corrected chi connectivity index (χ0v) is 23.7. The van der Waals surface area contributed by atoms with Gasteiger partial charge in [-0.1, -0.05) is 37.6 Å². The van der Waals surface area contributed by atoms with Crippen LogP contribution in [0.15, 0.2) is 54.1 Å². The first-order valence-corrected chi connectivity index (χ1v) is 14.8. The van der Waals surface area contributed by atoms with Gasteiger partial charge in [0.2, 0.25) is 0 Å². The van der Waals surface area contributed by atoms with Crippen molar-refractivity contribution >= 4 is 6.08 Å². The second kappa shape index (κ2) is 10.4. The van der Waals surface area contributed by atoms with Gasteiger partial charge in [0.1, 0.15) is 0 Å². The number of aromatic nitrogens is 2. The molecule has 1 aromatic carbocycles. The van der Waals surface area contributed by atoms with Crippen LogP contribution in [-0.4, -0.2) is 45.7 Å². The van der Waals surface area contributed by atoms with Gasteiger partial charge in [-0.15, -0.1) is 0 Å². The Labute approximate surface area is 232 Å². The van der Waals surface area contributed by atoms with Gasteiger partial charge in [-0.25, -0.2) is 4.98 Å². The van der Waals surface area contributed by atoms with E-state index in [1.165, 1.54) is 12.0 Å². The molecule has 0 amide bonds. The summed E-state index contributed by atoms with van der Waals surface area (Å²) >= 11 is 0. The van der Waals surface area contributed by atoms with Crippen molar-refractivity contribution < 1.29 is 19.7 Å². The molecule has 6 heteroatoms. The molecule has 2 N–H and O–H groups in total. The maximum atomic E-state index is 11.6. The molecule has 39 heavy (non-hydrogen) atoms. The van der Waals surface area contributed by atoms with E-state index in [4.69, 9.17) is 9.47 Å². The third-order valence-corrected chi connectivity index (χ3v) is 10.9. The highest BCUT2D eigenvalue weighted by Gasteiger charge is 2.59. The van der Waals surface area contributed by atoms with Crippen molar-refractivity contribution in [3.05, 3.63) is 59.7 Å². The fourth-order valence-corrected chi connectivity index (χ4v) is 8.60. The minimum atomic E-state index is -0.417. The molecule has 0 aliphatic heterocycles. The zero-order valence-electron chi connectivity index (χ0n) is 23.7. The van der Waals surface area contributed by atoms with Crippen molar-refractivity contribution in [1.29, 1.82) is 0 Å². The minimum absolute atomic E-state index is 0.0781. The topological polar surface area (TPSA) is 76.7 Å². The van der Waals surface area contributed by atoms with Crippen molar-refractivity contribution in [3.63, 3.8) is 0 Å². The van der Waals surface area contributed by atoms with Crippen molar-refractivity contribution in [2.45, 2.75) is 84.0 Å². The lowest BCUT2D eigenvalue weighted by Crippen LogP contribution is -2.51. The Morgan fingerprint density at radius 2 is 1.97 bits per heavy atom. The van der Waals surface area contributed by atoms with Gasteiger partial charge < -0.3 is 24.3 Å². The molecule has 210 valence electrons. The number of methoxy groups -OCH3 is 1. The summed E-state index contributed by atoms with van der Waals surface area (Å²) in [6.45, 7) is 6.25. The number of hydrogen-bond acceptors (Lipinski definition) is 5. The Bertz CT molecular complexity index is 1240. The second-order valence-corrected chi connectivity index (χ2v) is 12.9. The second-order valence-electron chi connectivity index (χ2n) is 12.9. The first kappa shape index (κ1) is 26.6. The SMILES string of the molecule is COc1cc(/C=C2\CC3C4CC=C5CC(O)CC[C@]5(C)C4CC[C@]3(C)C2O)ccc1OCCCn1ccnc1. The van der Waals surface area contributed by atoms with Crippen LogP contribution in [0, 0.1) is 28.6 Å². The number of hydrogen-bond donors (Lipinski definition) is 2. The molecule has 0 bridgehead atoms. The molecule has 1 aromatic heterocycles. The Hall–Kier alpha value is -2.57. The highest BCUT2D eigenvalue weighted by molar-refractivity contribution is 5.60. The van der Waals surface area contributed by atoms with Crippen LogP contribution >= 0.6 is 0 Å². The monoisotopic (exact) mass is 532 g/mol. The van der Waals surface area contributed by atoms with Gasteiger partial charge in [0.25, 0.3) is 0 Å². The van der Waals surface area contributed by atoms with Crippen molar-refractivity contribution in [3.8, 4) is 11.5 Å². The average Bonchev–Trinajstić information content (AvgIpc) is 3.54. The van der Waals surface area contributed by atoms with E-state index >= 15 is 0 Å². The molecule has 6 nitrogen and oxygen atoms in total. The molecule has 4 aliphatic carbocycles. The Morgan fingerprint density at radius 1 is 1.10 bits per heavy atom. The number of nitrogens with zero attached hydrogens (tertiary/aromatic N) is 2. The summed E-state index contributed by atoms with van der Waals surface area (Å²) in [4.78, 5) is 4.08. The first-order chi connectivity index (χ1) is 18.8. The Balaban J connectivity index is 1.17. The quantitative estimate of drug-likeness (QED) is 0.336. The zero-order chi connectivity index (χ0) is 27.2. The fourth-order valence-electron chi connectivity index (χ4n) is 8.60. The Morgan fingerprint density at radius 3 is 2.77 bits per heavy atom. The van der Waals surface area contributed by atoms with Gasteiger partial charge in [-0.2, -0.15) is 0 Å². The van der Waals surface area contributed by atoms with E-state index < -0.39 is 6.10 Å². The van der Waals surface area contributed by atoms with Gasteiger partial charge in [0, 0.05) is 24.4 Å². The number of rotatable bonds is 7. The third kappa shape index (κ3) is 4.74. The molecule has 6 rings (SSSR count). The highest BCUT2D eigenvalue weighted by Crippen LogP contribution is 2.65. The highest BCUT2D eigenvalue weighted by atomic mass is 16.5. The standard InChI is InChI=1S/C33H44N2O4/c1-32-11-9-25(36)20-24(32)6-7-26-27(32)10-12-33(2)28(26)19-23(31(33)37)17-22-5-8-29(30(18-22)38-3)39-16-4-14-35-15-13-34-21-35/h5-6,8,13,15,17-18,21,25-28,31,36-37H,4,7,9-12,14,16,19-20H2,1-3H3/b23-17+/t25?,26?,27?,28?,31?,32-,33-/m0/s1. The van der Waals surface area contributed by atoms with Gasteiger partial charge in [0.15, 0.2) is 11.5 Å². The van der Waals surface area contributed by atoms with Gasteiger partial charge in [-0.05, 0) is 97.8 Å². The molecular weight excluding hydrogens is 488 g/mol. The molecule has 0 radical (unpaired) electrons. The summed E-state index contributed by atoms with van der Waals surface area (Å²) in [5.74, 6) is 3.21. The van der Waals surface area contributed by atoms with Crippen LogP contribution in [0.4, 0.5) is 0 Å². The van der Waals surface area contributed by atoms with E-state index in [-0.39, 0.29) is 16.9 Å². The first-order valence-electron chi connectivity index (χ1n) is 14.8. The summed E-state index contributed by atoms with van der Waals surface area (Å²) in [5, 5.41) is 22.0. The predicted octanol–water partition coefficient (Wildman–Crippen LogP) is 6.04. The van der Waals surface area contributed by atoms with E-state index in [2.05, 4.69) is 37.0 Å². The molecule has 0 spiro atoms. The number of ether oxygens (including phenoxy) is 2. The van der Waals surface area contributed by atoms with E-state index in [9.17, 15) is 10.2 Å². The number of aliphatic hydroxyl groups excluding tert-OH is 2. The van der Waals surface area contributed by atoms with E-state index in [0.29, 0.717) is 24.4 Å². The maximum absolute atomic E-state index is 11.6. The Kier molecular flexibility index (Phi) is 7.13. The number of aryl methyl sites for hydroxylation is 1. The van der Waals surface area contributed by atoms with Crippen molar-refractivity contribution in [1.82, 2.24) is 9.55 Å². The minimum Gasteiger partial charge on any atom is -0.493 e. The molecule has 7 atom stereocenters. The van der Waals surface area contributed by atoms with Crippen LogP contribution in [0.25, 0.3) is 6.08 Å². The van der Waals surface area contributed by atoms with Crippen LogP contribution in [0.2, 0.25) is 0 Å². The smallest absolute Gasteiger partial charge is 0.161 e. The summed E-state index contributed by atoms with van der Waals surface area (Å²) < 4.78 is 13.8. The molecular formula is C33H44N2O4. The van der Waals surface area contributed by atoms with Crippen LogP contribution in [-0.2, 0) is 6.54 Å². The number of allylic oxidation sites excluding steroid dienone is 1. The van der Waals surface area contributed by atoms with Gasteiger partial charge in [-0.3, -0.25) is 0 Å². The molecule has 3 fully saturated rings. The lowest BCUT2D eigenvalue weighted by atomic mass is 9.48. The molecule has 4 aliphatic rings. The number of benzene rings is 1.